The SMILES string of the molecule is NC(=NO)c1cccc(OCC2CSc3ccccc32)c1. The zero-order valence-electron chi connectivity index (χ0n) is 11.4. The quantitative estimate of drug-likeness (QED) is 0.394. The number of fused-ring (bicyclic) bond motifs is 1. The topological polar surface area (TPSA) is 67.8 Å². The molecule has 0 aliphatic carbocycles. The van der Waals surface area contributed by atoms with E-state index in [4.69, 9.17) is 15.7 Å². The summed E-state index contributed by atoms with van der Waals surface area (Å²) in [5.41, 5.74) is 7.59. The van der Waals surface area contributed by atoms with E-state index in [0.29, 0.717) is 18.1 Å². The second-order valence-corrected chi connectivity index (χ2v) is 5.93. The van der Waals surface area contributed by atoms with Crippen LogP contribution in [0.5, 0.6) is 5.75 Å². The molecule has 0 bridgehead atoms. The Morgan fingerprint density at radius 3 is 3.00 bits per heavy atom. The van der Waals surface area contributed by atoms with Gasteiger partial charge < -0.3 is 15.7 Å². The van der Waals surface area contributed by atoms with Crippen molar-refractivity contribution < 1.29 is 9.94 Å². The Balaban J connectivity index is 1.69. The number of ether oxygens (including phenoxy) is 1. The second kappa shape index (κ2) is 6.10. The van der Waals surface area contributed by atoms with Crippen molar-refractivity contribution >= 4 is 17.6 Å². The number of hydrogen-bond donors (Lipinski definition) is 2. The number of nitrogens with two attached hydrogens (primary N) is 1. The molecule has 0 saturated carbocycles. The summed E-state index contributed by atoms with van der Waals surface area (Å²) in [7, 11) is 0. The van der Waals surface area contributed by atoms with Crippen molar-refractivity contribution in [1.82, 2.24) is 0 Å². The number of thioether (sulfide) groups is 1. The van der Waals surface area contributed by atoms with E-state index in [1.807, 2.05) is 23.9 Å². The Morgan fingerprint density at radius 2 is 2.14 bits per heavy atom. The van der Waals surface area contributed by atoms with Gasteiger partial charge in [0, 0.05) is 22.1 Å². The zero-order chi connectivity index (χ0) is 14.7. The van der Waals surface area contributed by atoms with E-state index in [0.717, 1.165) is 11.5 Å². The summed E-state index contributed by atoms with van der Waals surface area (Å²) >= 11 is 1.87. The lowest BCUT2D eigenvalue weighted by molar-refractivity contribution is 0.298. The third kappa shape index (κ3) is 2.97. The summed E-state index contributed by atoms with van der Waals surface area (Å²) in [5.74, 6) is 2.26. The van der Waals surface area contributed by atoms with Crippen molar-refractivity contribution in [2.24, 2.45) is 10.9 Å². The van der Waals surface area contributed by atoms with E-state index >= 15 is 0 Å². The Hall–Kier alpha value is -2.14. The number of hydrogen-bond acceptors (Lipinski definition) is 4. The van der Waals surface area contributed by atoms with Crippen LogP contribution >= 0.6 is 11.8 Å². The Bertz CT molecular complexity index is 673. The van der Waals surface area contributed by atoms with Gasteiger partial charge in [0.2, 0.25) is 0 Å². The van der Waals surface area contributed by atoms with E-state index < -0.39 is 0 Å². The monoisotopic (exact) mass is 300 g/mol. The molecule has 108 valence electrons. The summed E-state index contributed by atoms with van der Waals surface area (Å²) in [6.45, 7) is 0.629. The normalized spacial score (nSPS) is 17.5. The van der Waals surface area contributed by atoms with Crippen molar-refractivity contribution in [1.29, 1.82) is 0 Å². The van der Waals surface area contributed by atoms with Crippen molar-refractivity contribution in [3.8, 4) is 5.75 Å². The van der Waals surface area contributed by atoms with E-state index in [1.165, 1.54) is 10.5 Å². The van der Waals surface area contributed by atoms with Crippen molar-refractivity contribution in [3.05, 3.63) is 59.7 Å². The van der Waals surface area contributed by atoms with E-state index in [2.05, 4.69) is 29.4 Å². The molecule has 0 radical (unpaired) electrons. The van der Waals surface area contributed by atoms with Crippen LogP contribution in [0.4, 0.5) is 0 Å². The fourth-order valence-electron chi connectivity index (χ4n) is 2.37. The van der Waals surface area contributed by atoms with Gasteiger partial charge in [0.1, 0.15) is 5.75 Å². The van der Waals surface area contributed by atoms with Crippen LogP contribution in [0.15, 0.2) is 58.6 Å². The summed E-state index contributed by atoms with van der Waals surface area (Å²) < 4.78 is 5.88. The molecule has 4 nitrogen and oxygen atoms in total. The van der Waals surface area contributed by atoms with E-state index in [-0.39, 0.29) is 5.84 Å². The molecular formula is C16H16N2O2S. The molecule has 2 aromatic rings. The lowest BCUT2D eigenvalue weighted by Crippen LogP contribution is -2.14. The minimum atomic E-state index is 0.0854. The first-order valence-corrected chi connectivity index (χ1v) is 7.69. The van der Waals surface area contributed by atoms with Crippen LogP contribution in [-0.4, -0.2) is 23.4 Å². The smallest absolute Gasteiger partial charge is 0.170 e. The van der Waals surface area contributed by atoms with Gasteiger partial charge in [-0.15, -0.1) is 11.8 Å². The molecule has 3 rings (SSSR count). The fraction of sp³-hybridized carbons (Fsp3) is 0.188. The number of amidine groups is 1. The van der Waals surface area contributed by atoms with Crippen LogP contribution < -0.4 is 10.5 Å². The van der Waals surface area contributed by atoms with Gasteiger partial charge in [-0.25, -0.2) is 0 Å². The van der Waals surface area contributed by atoms with Gasteiger partial charge in [-0.3, -0.25) is 0 Å². The molecule has 0 fully saturated rings. The highest BCUT2D eigenvalue weighted by Crippen LogP contribution is 2.39. The van der Waals surface area contributed by atoms with Crippen molar-refractivity contribution in [3.63, 3.8) is 0 Å². The molecule has 1 heterocycles. The summed E-state index contributed by atoms with van der Waals surface area (Å²) in [4.78, 5) is 1.34. The van der Waals surface area contributed by atoms with Gasteiger partial charge in [0.05, 0.1) is 6.61 Å². The van der Waals surface area contributed by atoms with Crippen LogP contribution in [0.1, 0.15) is 17.0 Å². The predicted molar refractivity (Wildman–Crippen MR) is 84.4 cm³/mol. The predicted octanol–water partition coefficient (Wildman–Crippen LogP) is 3.05. The molecule has 21 heavy (non-hydrogen) atoms. The highest BCUT2D eigenvalue weighted by molar-refractivity contribution is 7.99. The van der Waals surface area contributed by atoms with Gasteiger partial charge in [0.15, 0.2) is 5.84 Å². The van der Waals surface area contributed by atoms with Crippen LogP contribution in [0.2, 0.25) is 0 Å². The van der Waals surface area contributed by atoms with Gasteiger partial charge in [-0.1, -0.05) is 35.5 Å². The molecule has 0 saturated heterocycles. The molecule has 1 aliphatic rings. The average Bonchev–Trinajstić information content (AvgIpc) is 2.95. The van der Waals surface area contributed by atoms with Crippen LogP contribution in [-0.2, 0) is 0 Å². The minimum Gasteiger partial charge on any atom is -0.493 e. The first kappa shape index (κ1) is 13.8. The highest BCUT2D eigenvalue weighted by Gasteiger charge is 2.23. The second-order valence-electron chi connectivity index (χ2n) is 4.87. The van der Waals surface area contributed by atoms with Crippen LogP contribution in [0.25, 0.3) is 0 Å². The molecule has 2 aromatic carbocycles. The standard InChI is InChI=1S/C16H16N2O2S/c17-16(18-19)11-4-3-5-13(8-11)20-9-12-10-21-15-7-2-1-6-14(12)15/h1-8,12,19H,9-10H2,(H2,17,18). The van der Waals surface area contributed by atoms with Crippen LogP contribution in [0.3, 0.4) is 0 Å². The molecule has 1 aliphatic heterocycles. The zero-order valence-corrected chi connectivity index (χ0v) is 12.2. The lowest BCUT2D eigenvalue weighted by atomic mass is 10.0. The minimum absolute atomic E-state index is 0.0854. The average molecular weight is 300 g/mol. The third-order valence-electron chi connectivity index (χ3n) is 3.49. The molecule has 5 heteroatoms. The maximum atomic E-state index is 8.71. The highest BCUT2D eigenvalue weighted by atomic mass is 32.2. The molecule has 0 aromatic heterocycles. The van der Waals surface area contributed by atoms with E-state index in [9.17, 15) is 0 Å². The molecule has 1 unspecified atom stereocenters. The summed E-state index contributed by atoms with van der Waals surface area (Å²) in [6.07, 6.45) is 0. The molecule has 1 atom stereocenters. The third-order valence-corrected chi connectivity index (χ3v) is 4.74. The largest absolute Gasteiger partial charge is 0.493 e. The Kier molecular flexibility index (Phi) is 4.01. The first-order valence-electron chi connectivity index (χ1n) is 6.70. The van der Waals surface area contributed by atoms with Gasteiger partial charge >= 0.3 is 0 Å². The van der Waals surface area contributed by atoms with Crippen LogP contribution in [0, 0.1) is 0 Å². The summed E-state index contributed by atoms with van der Waals surface area (Å²) in [5, 5.41) is 11.7. The lowest BCUT2D eigenvalue weighted by Gasteiger charge is -2.13. The summed E-state index contributed by atoms with van der Waals surface area (Å²) in [6, 6.07) is 15.7. The first-order chi connectivity index (χ1) is 10.3. The molecule has 0 spiro atoms. The molecule has 0 amide bonds. The van der Waals surface area contributed by atoms with Crippen molar-refractivity contribution in [2.45, 2.75) is 10.8 Å². The van der Waals surface area contributed by atoms with Gasteiger partial charge in [0.25, 0.3) is 0 Å². The Labute approximate surface area is 127 Å². The number of rotatable bonds is 4. The molecular weight excluding hydrogens is 284 g/mol. The maximum absolute atomic E-state index is 8.71. The number of nitrogens with zero attached hydrogens (tertiary/aromatic N) is 1. The van der Waals surface area contributed by atoms with E-state index in [1.54, 1.807) is 12.1 Å². The maximum Gasteiger partial charge on any atom is 0.170 e. The molecule has 3 N–H and O–H groups in total. The van der Waals surface area contributed by atoms with Gasteiger partial charge in [-0.05, 0) is 23.8 Å². The van der Waals surface area contributed by atoms with Crippen molar-refractivity contribution in [2.75, 3.05) is 12.4 Å². The number of oxime groups is 1. The fourth-order valence-corrected chi connectivity index (χ4v) is 3.60. The number of benzene rings is 2. The van der Waals surface area contributed by atoms with Gasteiger partial charge in [-0.2, -0.15) is 0 Å². The Morgan fingerprint density at radius 1 is 1.29 bits per heavy atom.